The van der Waals surface area contributed by atoms with Crippen LogP contribution in [0.3, 0.4) is 0 Å². The molecular weight excluding hydrogens is 897 g/mol. The summed E-state index contributed by atoms with van der Waals surface area (Å²) >= 11 is 0. The molecule has 0 aliphatic carbocycles. The van der Waals surface area contributed by atoms with E-state index in [4.69, 9.17) is 0 Å². The molecule has 16 heteroatoms. The van der Waals surface area contributed by atoms with Crippen LogP contribution >= 0.6 is 0 Å². The lowest BCUT2D eigenvalue weighted by molar-refractivity contribution is -0.926. The summed E-state index contributed by atoms with van der Waals surface area (Å²) in [5, 5.41) is 27.8. The van der Waals surface area contributed by atoms with Crippen molar-refractivity contribution >= 4 is 52.0 Å². The van der Waals surface area contributed by atoms with E-state index in [2.05, 4.69) is 252 Å². The Hall–Kier alpha value is -6.55. The highest BCUT2D eigenvalue weighted by atomic mass is 15.4. The maximum Gasteiger partial charge on any atom is 0.421 e. The number of azo groups is 3. The Bertz CT molecular complexity index is 2250. The molecule has 72 heavy (non-hydrogen) atoms. The average Bonchev–Trinajstić information content (AvgIpc) is 4.16. The second-order valence-electron chi connectivity index (χ2n) is 18.3. The molecule has 0 aliphatic heterocycles. The third kappa shape index (κ3) is 14.3. The van der Waals surface area contributed by atoms with Crippen molar-refractivity contribution < 1.29 is 18.2 Å². The number of nitrogens with zero attached hydrogens (tertiary/aromatic N) is 16. The predicted octanol–water partition coefficient (Wildman–Crippen LogP) is 12.2. The largest absolute Gasteiger partial charge is 0.421 e. The zero-order chi connectivity index (χ0) is 51.3. The quantitative estimate of drug-likeness (QED) is 0.0246. The van der Waals surface area contributed by atoms with E-state index in [0.29, 0.717) is 0 Å². The number of benzene rings is 3. The van der Waals surface area contributed by atoms with Crippen LogP contribution in [0.4, 0.5) is 52.0 Å². The van der Waals surface area contributed by atoms with Crippen LogP contribution in [0.2, 0.25) is 0 Å². The van der Waals surface area contributed by atoms with Crippen molar-refractivity contribution in [2.24, 2.45) is 30.7 Å². The lowest BCUT2D eigenvalue weighted by Crippen LogP contribution is -2.52. The number of hydrogen-bond acceptors (Lipinski definition) is 9. The second kappa shape index (κ2) is 27.9. The van der Waals surface area contributed by atoms with Gasteiger partial charge >= 0.3 is 17.8 Å². The SMILES string of the molecule is CCN(CCC[N+](CC)(CCCN(CC)c1ccc(N=Nc2n(CC)cc[n+]2CC)cc1)CCCN(CC)c1ccc(N=Nc2n(CC)cc[n+]2CC)cc1)c1ccc(N=Nc2n(CC)cc[n+]2CC)cc1. The van der Waals surface area contributed by atoms with Gasteiger partial charge in [0.25, 0.3) is 0 Å². The van der Waals surface area contributed by atoms with Gasteiger partial charge in [-0.1, -0.05) is 15.3 Å². The van der Waals surface area contributed by atoms with Gasteiger partial charge in [0, 0.05) is 90.9 Å². The van der Waals surface area contributed by atoms with E-state index >= 15 is 0 Å². The lowest BCUT2D eigenvalue weighted by atomic mass is 10.1. The summed E-state index contributed by atoms with van der Waals surface area (Å²) in [6.45, 7) is 37.4. The van der Waals surface area contributed by atoms with Crippen molar-refractivity contribution in [3.05, 3.63) is 110 Å². The maximum absolute atomic E-state index is 4.64. The number of anilines is 3. The van der Waals surface area contributed by atoms with E-state index in [9.17, 15) is 0 Å². The van der Waals surface area contributed by atoms with Gasteiger partial charge in [-0.3, -0.25) is 0 Å². The van der Waals surface area contributed by atoms with Gasteiger partial charge in [-0.25, -0.2) is 27.4 Å². The molecule has 0 aliphatic rings. The fraction of sp³-hybridized carbons (Fsp3) is 0.518. The van der Waals surface area contributed by atoms with E-state index in [1.54, 1.807) is 0 Å². The molecule has 6 rings (SSSR count). The molecular formula is C56H86N16+4. The minimum Gasteiger partial charge on any atom is -0.372 e. The van der Waals surface area contributed by atoms with Crippen molar-refractivity contribution in [1.29, 1.82) is 0 Å². The lowest BCUT2D eigenvalue weighted by Gasteiger charge is -2.40. The molecule has 0 amide bonds. The first-order valence-corrected chi connectivity index (χ1v) is 27.1. The normalized spacial score (nSPS) is 12.8. The first-order chi connectivity index (χ1) is 35.2. The highest BCUT2D eigenvalue weighted by Crippen LogP contribution is 2.26. The number of hydrogen-bond donors (Lipinski definition) is 0. The Balaban J connectivity index is 1.12. The summed E-state index contributed by atoms with van der Waals surface area (Å²) < 4.78 is 13.8. The molecule has 0 unspecified atom stereocenters. The van der Waals surface area contributed by atoms with Gasteiger partial charge in [-0.05, 0) is 142 Å². The Kier molecular flexibility index (Phi) is 21.2. The van der Waals surface area contributed by atoms with Crippen LogP contribution in [0.15, 0.2) is 141 Å². The van der Waals surface area contributed by atoms with Gasteiger partial charge in [0.2, 0.25) is 0 Å². The first-order valence-electron chi connectivity index (χ1n) is 27.1. The molecule has 386 valence electrons. The summed E-state index contributed by atoms with van der Waals surface area (Å²) in [6, 6.07) is 25.8. The average molecular weight is 983 g/mol. The number of aromatic nitrogens is 6. The molecule has 3 aromatic carbocycles. The molecule has 0 spiro atoms. The number of aryl methyl sites for hydroxylation is 6. The van der Waals surface area contributed by atoms with Gasteiger partial charge < -0.3 is 19.2 Å². The minimum atomic E-state index is 0.856. The number of rotatable bonds is 31. The van der Waals surface area contributed by atoms with E-state index in [-0.39, 0.29) is 0 Å². The summed E-state index contributed by atoms with van der Waals surface area (Å²) in [5.41, 5.74) is 6.26. The molecule has 0 N–H and O–H groups in total. The molecule has 0 saturated carbocycles. The van der Waals surface area contributed by atoms with Crippen molar-refractivity contribution in [2.45, 2.75) is 128 Å². The van der Waals surface area contributed by atoms with Crippen LogP contribution < -0.4 is 28.4 Å². The molecule has 3 aromatic heterocycles. The monoisotopic (exact) mass is 983 g/mol. The van der Waals surface area contributed by atoms with Crippen molar-refractivity contribution in [1.82, 2.24) is 13.7 Å². The van der Waals surface area contributed by atoms with Crippen LogP contribution in [-0.2, 0) is 39.3 Å². The Morgan fingerprint density at radius 3 is 0.889 bits per heavy atom. The van der Waals surface area contributed by atoms with Crippen LogP contribution in [0.25, 0.3) is 0 Å². The minimum absolute atomic E-state index is 0.856. The Morgan fingerprint density at radius 1 is 0.389 bits per heavy atom. The zero-order valence-corrected chi connectivity index (χ0v) is 45.5. The smallest absolute Gasteiger partial charge is 0.372 e. The number of imidazole rings is 3. The van der Waals surface area contributed by atoms with Crippen LogP contribution in [0.1, 0.15) is 88.5 Å². The van der Waals surface area contributed by atoms with Gasteiger partial charge in [0.15, 0.2) is 0 Å². The number of quaternary nitrogens is 1. The third-order valence-corrected chi connectivity index (χ3v) is 14.3. The molecule has 0 bridgehead atoms. The summed E-state index contributed by atoms with van der Waals surface area (Å²) in [5.74, 6) is 2.61. The summed E-state index contributed by atoms with van der Waals surface area (Å²) in [7, 11) is 0. The molecule has 3 heterocycles. The topological polar surface area (TPSA) is 110 Å². The van der Waals surface area contributed by atoms with Crippen LogP contribution in [0, 0.1) is 0 Å². The third-order valence-electron chi connectivity index (χ3n) is 14.3. The molecule has 0 saturated heterocycles. The predicted molar refractivity (Wildman–Crippen MR) is 293 cm³/mol. The van der Waals surface area contributed by atoms with Crippen molar-refractivity contribution in [2.75, 3.05) is 80.1 Å². The maximum atomic E-state index is 4.64. The van der Waals surface area contributed by atoms with E-state index in [0.717, 1.165) is 163 Å². The molecule has 6 aromatic rings. The van der Waals surface area contributed by atoms with E-state index < -0.39 is 0 Å². The Labute approximate surface area is 430 Å². The van der Waals surface area contributed by atoms with Gasteiger partial charge in [-0.15, -0.1) is 0 Å². The van der Waals surface area contributed by atoms with Gasteiger partial charge in [-0.2, -0.15) is 0 Å². The second-order valence-corrected chi connectivity index (χ2v) is 18.3. The molecule has 0 fully saturated rings. The van der Waals surface area contributed by atoms with Crippen molar-refractivity contribution in [3.8, 4) is 0 Å². The van der Waals surface area contributed by atoms with Gasteiger partial charge in [0.05, 0.1) is 103 Å². The summed E-state index contributed by atoms with van der Waals surface area (Å²) in [4.78, 5) is 7.53. The Morgan fingerprint density at radius 2 is 0.667 bits per heavy atom. The fourth-order valence-corrected chi connectivity index (χ4v) is 9.71. The van der Waals surface area contributed by atoms with Crippen molar-refractivity contribution in [3.63, 3.8) is 0 Å². The van der Waals surface area contributed by atoms with Gasteiger partial charge in [0.1, 0.15) is 17.1 Å². The molecule has 16 nitrogen and oxygen atoms in total. The fourth-order valence-electron chi connectivity index (χ4n) is 9.71. The van der Waals surface area contributed by atoms with Crippen LogP contribution in [0.5, 0.6) is 0 Å². The molecule has 0 radical (unpaired) electrons. The molecule has 0 atom stereocenters. The first kappa shape index (κ1) is 54.8. The van der Waals surface area contributed by atoms with E-state index in [1.807, 2.05) is 0 Å². The van der Waals surface area contributed by atoms with E-state index in [1.165, 1.54) is 17.1 Å². The zero-order valence-electron chi connectivity index (χ0n) is 45.5. The standard InChI is InChI=1S/C56H86N16/c1-11-63(51-30-24-48(25-31-51)57-60-54-66(14-4)39-40-67(54)15-5)36-21-45-72(20-10,46-22-37-64(12-2)52-32-26-49(27-33-52)58-61-55-68(16-6)41-42-69(55)17-7)47-23-38-65(13-3)53-34-28-50(29-35-53)59-62-56-70(18-8)43-44-71(56)19-9/h24-35,39-44H,11-23,36-38,45-47H2,1-10H3/q+4. The summed E-state index contributed by atoms with van der Waals surface area (Å²) in [6.07, 6.45) is 15.7. The highest BCUT2D eigenvalue weighted by Gasteiger charge is 2.26. The van der Waals surface area contributed by atoms with Crippen LogP contribution in [-0.4, -0.2) is 83.6 Å². The highest BCUT2D eigenvalue weighted by molar-refractivity contribution is 5.54.